The molecule has 0 radical (unpaired) electrons. The van der Waals surface area contributed by atoms with E-state index in [-0.39, 0.29) is 17.7 Å². The zero-order valence-electron chi connectivity index (χ0n) is 43.4. The molecule has 0 unspecified atom stereocenters. The van der Waals surface area contributed by atoms with Gasteiger partial charge in [-0.05, 0) is 191 Å². The summed E-state index contributed by atoms with van der Waals surface area (Å²) in [5.74, 6) is 0. The normalized spacial score (nSPS) is 15.2. The Labute approximate surface area is 422 Å². The zero-order chi connectivity index (χ0) is 48.9. The minimum Gasteiger partial charge on any atom is -0.454 e. The van der Waals surface area contributed by atoms with Crippen LogP contribution < -0.4 is 20.6 Å². The van der Waals surface area contributed by atoms with Gasteiger partial charge in [-0.1, -0.05) is 151 Å². The maximum Gasteiger partial charge on any atom is 0.333 e. The molecule has 0 bridgehead atoms. The lowest BCUT2D eigenvalue weighted by Crippen LogP contribution is -2.61. The van der Waals surface area contributed by atoms with E-state index in [4.69, 9.17) is 4.42 Å². The van der Waals surface area contributed by atoms with Crippen LogP contribution in [0.2, 0.25) is 0 Å². The summed E-state index contributed by atoms with van der Waals surface area (Å²) in [7, 11) is 0. The lowest BCUT2D eigenvalue weighted by Gasteiger charge is -2.48. The van der Waals surface area contributed by atoms with Crippen LogP contribution in [-0.2, 0) is 23.7 Å². The number of aryl methyl sites for hydroxylation is 5. The predicted octanol–water partition coefficient (Wildman–Crippen LogP) is 17.6. The topological polar surface area (TPSA) is 19.6 Å². The van der Waals surface area contributed by atoms with E-state index >= 15 is 0 Å². The third-order valence-electron chi connectivity index (χ3n) is 16.7. The van der Waals surface area contributed by atoms with Gasteiger partial charge in [0.05, 0.1) is 11.4 Å². The van der Waals surface area contributed by atoms with Crippen molar-refractivity contribution in [2.75, 3.05) is 9.71 Å². The Hall–Kier alpha value is -6.78. The van der Waals surface area contributed by atoms with Crippen LogP contribution in [0.3, 0.4) is 0 Å². The largest absolute Gasteiger partial charge is 0.454 e. The van der Waals surface area contributed by atoms with Gasteiger partial charge in [-0.2, -0.15) is 0 Å². The Morgan fingerprint density at radius 2 is 1.21 bits per heavy atom. The molecule has 12 rings (SSSR count). The Bertz CT molecular complexity index is 3530. The molecule has 0 atom stereocenters. The van der Waals surface area contributed by atoms with Crippen LogP contribution in [0.1, 0.15) is 119 Å². The van der Waals surface area contributed by atoms with Gasteiger partial charge in [0.2, 0.25) is 0 Å². The molecular formula is C67H67BN2O. The monoisotopic (exact) mass is 927 g/mol. The minimum absolute atomic E-state index is 0.0256. The molecule has 0 saturated heterocycles. The smallest absolute Gasteiger partial charge is 0.333 e. The first-order valence-corrected chi connectivity index (χ1v) is 26.6. The highest BCUT2D eigenvalue weighted by molar-refractivity contribution is 6.94. The van der Waals surface area contributed by atoms with Crippen LogP contribution >= 0.6 is 0 Å². The Morgan fingerprint density at radius 3 is 1.93 bits per heavy atom. The second-order valence-electron chi connectivity index (χ2n) is 22.6. The van der Waals surface area contributed by atoms with Crippen molar-refractivity contribution >= 4 is 68.1 Å². The minimum atomic E-state index is -0.158. The summed E-state index contributed by atoms with van der Waals surface area (Å²) in [6.07, 6.45) is 9.11. The molecule has 0 N–H and O–H groups in total. The van der Waals surface area contributed by atoms with Gasteiger partial charge in [0.15, 0.2) is 5.58 Å². The fraction of sp³-hybridized carbons (Fsp3) is 0.284. The summed E-state index contributed by atoms with van der Waals surface area (Å²) in [6, 6.07) is 56.5. The number of para-hydroxylation sites is 1. The molecule has 71 heavy (non-hydrogen) atoms. The average molecular weight is 927 g/mol. The fourth-order valence-electron chi connectivity index (χ4n) is 13.0. The van der Waals surface area contributed by atoms with E-state index < -0.39 is 0 Å². The van der Waals surface area contributed by atoms with Crippen LogP contribution in [0.5, 0.6) is 0 Å². The lowest BCUT2D eigenvalue weighted by molar-refractivity contribution is 0.332. The number of rotatable bonds is 10. The molecule has 354 valence electrons. The highest BCUT2D eigenvalue weighted by atomic mass is 16.3. The molecule has 8 aromatic carbocycles. The van der Waals surface area contributed by atoms with Crippen LogP contribution in [-0.4, -0.2) is 6.85 Å². The van der Waals surface area contributed by atoms with Crippen molar-refractivity contribution < 1.29 is 4.42 Å². The first kappa shape index (κ1) is 45.4. The molecule has 1 aromatic heterocycles. The summed E-state index contributed by atoms with van der Waals surface area (Å²) in [5, 5.41) is 2.27. The van der Waals surface area contributed by atoms with Crippen molar-refractivity contribution in [1.29, 1.82) is 0 Å². The first-order chi connectivity index (χ1) is 34.3. The number of fused-ring (bicyclic) bond motifs is 9. The molecular weight excluding hydrogens is 860 g/mol. The van der Waals surface area contributed by atoms with Gasteiger partial charge in [0.25, 0.3) is 0 Å². The van der Waals surface area contributed by atoms with Crippen molar-refractivity contribution in [3.05, 3.63) is 185 Å². The standard InChI is InChI=1S/C67H67BN2O/c1-10-12-19-45-25-28-49(29-26-45)70-59-41-56-55(66(6,7)33-34-67(56,8)9)40-53(59)54-38-48(62-43(4)35-42(3)36-44(62)5)39-60-63(54)68(70)57-31-30-51-50-23-17-18-24-61(50)71-65(51)64(57)69(60)58-32-27-46(20-13-11-2)37-52(58)47-21-15-14-16-22-47/h14-18,21-32,35-41H,10-13,19-20,33-34H2,1-9H3. The van der Waals surface area contributed by atoms with Gasteiger partial charge in [-0.15, -0.1) is 0 Å². The molecule has 2 aliphatic heterocycles. The second kappa shape index (κ2) is 17.2. The summed E-state index contributed by atoms with van der Waals surface area (Å²) < 4.78 is 7.28. The van der Waals surface area contributed by atoms with Crippen molar-refractivity contribution in [3.63, 3.8) is 0 Å². The van der Waals surface area contributed by atoms with E-state index in [1.165, 1.54) is 113 Å². The van der Waals surface area contributed by atoms with Gasteiger partial charge in [0.1, 0.15) is 5.58 Å². The van der Waals surface area contributed by atoms with E-state index in [9.17, 15) is 0 Å². The number of hydrogen-bond acceptors (Lipinski definition) is 3. The molecule has 4 heteroatoms. The Balaban J connectivity index is 1.26. The third-order valence-corrected chi connectivity index (χ3v) is 16.7. The predicted molar refractivity (Wildman–Crippen MR) is 305 cm³/mol. The van der Waals surface area contributed by atoms with Crippen molar-refractivity contribution in [3.8, 4) is 33.4 Å². The molecule has 0 amide bonds. The number of furan rings is 1. The van der Waals surface area contributed by atoms with E-state index in [2.05, 4.69) is 218 Å². The van der Waals surface area contributed by atoms with Crippen LogP contribution in [0, 0.1) is 20.8 Å². The highest BCUT2D eigenvalue weighted by Gasteiger charge is 2.48. The van der Waals surface area contributed by atoms with Crippen LogP contribution in [0.15, 0.2) is 150 Å². The van der Waals surface area contributed by atoms with Crippen LogP contribution in [0.25, 0.3) is 55.3 Å². The molecule has 3 aliphatic rings. The lowest BCUT2D eigenvalue weighted by atomic mass is 9.43. The number of unbranched alkanes of at least 4 members (excludes halogenated alkanes) is 2. The van der Waals surface area contributed by atoms with Crippen molar-refractivity contribution in [2.45, 2.75) is 125 Å². The average Bonchev–Trinajstić information content (AvgIpc) is 3.76. The molecule has 3 heterocycles. The van der Waals surface area contributed by atoms with Crippen LogP contribution in [0.4, 0.5) is 28.4 Å². The van der Waals surface area contributed by atoms with E-state index in [0.717, 1.165) is 71.8 Å². The number of hydrogen-bond donors (Lipinski definition) is 0. The quantitative estimate of drug-likeness (QED) is 0.127. The van der Waals surface area contributed by atoms with E-state index in [0.29, 0.717) is 0 Å². The number of benzene rings is 8. The SMILES string of the molecule is CCCCc1ccc(N2B3c4ccc5c(oc6ccccc65)c4N(c4ccc(CCCC)cc4-c4ccccc4)c4cc(-c5c(C)cc(C)cc5C)cc(c43)-c3cc4c(cc32)C(C)(C)CCC4(C)C)cc1. The zero-order valence-corrected chi connectivity index (χ0v) is 43.4. The van der Waals surface area contributed by atoms with Gasteiger partial charge in [0, 0.05) is 39.0 Å². The second-order valence-corrected chi connectivity index (χ2v) is 22.6. The van der Waals surface area contributed by atoms with Crippen molar-refractivity contribution in [1.82, 2.24) is 0 Å². The summed E-state index contributed by atoms with van der Waals surface area (Å²) in [4.78, 5) is 5.35. The third kappa shape index (κ3) is 7.38. The summed E-state index contributed by atoms with van der Waals surface area (Å²) in [5.41, 5.74) is 27.7. The van der Waals surface area contributed by atoms with Gasteiger partial charge < -0.3 is 14.1 Å². The van der Waals surface area contributed by atoms with E-state index in [1.807, 2.05) is 0 Å². The molecule has 0 spiro atoms. The number of nitrogens with zero attached hydrogens (tertiary/aromatic N) is 2. The first-order valence-electron chi connectivity index (χ1n) is 26.6. The van der Waals surface area contributed by atoms with Gasteiger partial charge in [-0.25, -0.2) is 0 Å². The Morgan fingerprint density at radius 1 is 0.549 bits per heavy atom. The highest BCUT2D eigenvalue weighted by Crippen LogP contribution is 2.55. The Kier molecular flexibility index (Phi) is 11.0. The molecule has 0 fully saturated rings. The molecule has 3 nitrogen and oxygen atoms in total. The fourth-order valence-corrected chi connectivity index (χ4v) is 13.0. The maximum absolute atomic E-state index is 7.28. The molecule has 1 aliphatic carbocycles. The van der Waals surface area contributed by atoms with E-state index in [1.54, 1.807) is 0 Å². The number of anilines is 5. The molecule has 0 saturated carbocycles. The molecule has 9 aromatic rings. The maximum atomic E-state index is 7.28. The van der Waals surface area contributed by atoms with Crippen molar-refractivity contribution in [2.24, 2.45) is 0 Å². The summed E-state index contributed by atoms with van der Waals surface area (Å²) in [6.45, 7) is 21.1. The summed E-state index contributed by atoms with van der Waals surface area (Å²) >= 11 is 0. The van der Waals surface area contributed by atoms with Gasteiger partial charge in [-0.3, -0.25) is 0 Å². The van der Waals surface area contributed by atoms with Gasteiger partial charge >= 0.3 is 6.85 Å².